The molecule has 3 heterocycles. The Bertz CT molecular complexity index is 849. The molecule has 0 amide bonds. The van der Waals surface area contributed by atoms with Crippen LogP contribution in [-0.2, 0) is 4.74 Å². The maximum atomic E-state index is 13.3. The lowest BCUT2D eigenvalue weighted by Crippen LogP contribution is -2.04. The fourth-order valence-electron chi connectivity index (χ4n) is 1.91. The maximum Gasteiger partial charge on any atom is 0.339 e. The highest BCUT2D eigenvalue weighted by atomic mass is 35.5. The van der Waals surface area contributed by atoms with Crippen LogP contribution in [0.15, 0.2) is 30.7 Å². The van der Waals surface area contributed by atoms with Crippen molar-refractivity contribution in [3.8, 4) is 11.4 Å². The average Bonchev–Trinajstić information content (AvgIpc) is 2.90. The summed E-state index contributed by atoms with van der Waals surface area (Å²) in [6.07, 6.45) is 4.01. The van der Waals surface area contributed by atoms with E-state index in [0.29, 0.717) is 17.0 Å². The molecule has 0 saturated heterocycles. The molecular formula is C13H8ClFN4O2. The van der Waals surface area contributed by atoms with Crippen LogP contribution < -0.4 is 0 Å². The quantitative estimate of drug-likeness (QED) is 0.680. The zero-order valence-corrected chi connectivity index (χ0v) is 11.5. The molecule has 106 valence electrons. The Kier molecular flexibility index (Phi) is 3.26. The molecule has 0 spiro atoms. The molecule has 0 N–H and O–H groups in total. The number of aromatic nitrogens is 4. The normalized spacial score (nSPS) is 10.8. The molecule has 0 aliphatic carbocycles. The van der Waals surface area contributed by atoms with Gasteiger partial charge in [-0.3, -0.25) is 9.38 Å². The summed E-state index contributed by atoms with van der Waals surface area (Å²) in [5, 5.41) is 8.13. The van der Waals surface area contributed by atoms with Gasteiger partial charge >= 0.3 is 5.97 Å². The number of carbonyl (C=O) groups excluding carboxylic acids is 1. The number of nitrogens with zero attached hydrogens (tertiary/aromatic N) is 4. The number of rotatable bonds is 2. The molecule has 0 bridgehead atoms. The van der Waals surface area contributed by atoms with Gasteiger partial charge < -0.3 is 4.74 Å². The Hall–Kier alpha value is -2.54. The third kappa shape index (κ3) is 2.31. The number of ether oxygens (including phenoxy) is 1. The molecule has 6 nitrogen and oxygen atoms in total. The molecule has 0 aliphatic rings. The van der Waals surface area contributed by atoms with Crippen LogP contribution in [0.25, 0.3) is 17.0 Å². The minimum absolute atomic E-state index is 0.236. The molecular weight excluding hydrogens is 299 g/mol. The largest absolute Gasteiger partial charge is 0.465 e. The summed E-state index contributed by atoms with van der Waals surface area (Å²) in [7, 11) is 1.27. The number of halogens is 2. The number of carbonyl (C=O) groups is 1. The predicted octanol–water partition coefficient (Wildman–Crippen LogP) is 2.37. The maximum absolute atomic E-state index is 13.3. The van der Waals surface area contributed by atoms with Crippen molar-refractivity contribution in [2.75, 3.05) is 7.11 Å². The van der Waals surface area contributed by atoms with Crippen LogP contribution in [0.2, 0.25) is 5.02 Å². The van der Waals surface area contributed by atoms with E-state index in [-0.39, 0.29) is 10.6 Å². The van der Waals surface area contributed by atoms with E-state index in [1.807, 2.05) is 0 Å². The number of hydrogen-bond donors (Lipinski definition) is 0. The fraction of sp³-hybridized carbons (Fsp3) is 0.0769. The molecule has 8 heteroatoms. The van der Waals surface area contributed by atoms with Crippen molar-refractivity contribution in [1.82, 2.24) is 19.6 Å². The molecule has 0 saturated carbocycles. The number of hydrogen-bond acceptors (Lipinski definition) is 5. The van der Waals surface area contributed by atoms with Gasteiger partial charge in [0.05, 0.1) is 23.9 Å². The summed E-state index contributed by atoms with van der Waals surface area (Å²) in [6, 6.07) is 2.70. The summed E-state index contributed by atoms with van der Waals surface area (Å²) >= 11 is 6.07. The monoisotopic (exact) mass is 306 g/mol. The smallest absolute Gasteiger partial charge is 0.339 e. The van der Waals surface area contributed by atoms with E-state index >= 15 is 0 Å². The SMILES string of the molecule is COC(=O)c1cc(Cl)c2nnc(-c3cncc(F)c3)n2c1. The Labute approximate surface area is 123 Å². The average molecular weight is 307 g/mol. The van der Waals surface area contributed by atoms with Gasteiger partial charge in [0.1, 0.15) is 5.82 Å². The highest BCUT2D eigenvalue weighted by molar-refractivity contribution is 6.33. The second-order valence-electron chi connectivity index (χ2n) is 4.18. The summed E-state index contributed by atoms with van der Waals surface area (Å²) < 4.78 is 19.4. The van der Waals surface area contributed by atoms with Crippen molar-refractivity contribution in [2.45, 2.75) is 0 Å². The predicted molar refractivity (Wildman–Crippen MR) is 72.5 cm³/mol. The van der Waals surface area contributed by atoms with E-state index in [9.17, 15) is 9.18 Å². The molecule has 0 atom stereocenters. The van der Waals surface area contributed by atoms with Crippen molar-refractivity contribution >= 4 is 23.2 Å². The molecule has 0 unspecified atom stereocenters. The second kappa shape index (κ2) is 5.10. The zero-order chi connectivity index (χ0) is 15.0. The fourth-order valence-corrected chi connectivity index (χ4v) is 2.16. The first-order valence-electron chi connectivity index (χ1n) is 5.83. The van der Waals surface area contributed by atoms with Crippen molar-refractivity contribution in [3.05, 3.63) is 47.1 Å². The van der Waals surface area contributed by atoms with Crippen LogP contribution in [0.1, 0.15) is 10.4 Å². The van der Waals surface area contributed by atoms with Crippen LogP contribution in [0, 0.1) is 5.82 Å². The topological polar surface area (TPSA) is 69.4 Å². The first-order valence-corrected chi connectivity index (χ1v) is 6.21. The number of fused-ring (bicyclic) bond motifs is 1. The lowest BCUT2D eigenvalue weighted by molar-refractivity contribution is 0.0600. The highest BCUT2D eigenvalue weighted by Crippen LogP contribution is 2.24. The molecule has 0 aliphatic heterocycles. The first kappa shape index (κ1) is 13.4. The van der Waals surface area contributed by atoms with E-state index in [0.717, 1.165) is 6.20 Å². The minimum atomic E-state index is -0.546. The Balaban J connectivity index is 2.25. The number of pyridine rings is 2. The van der Waals surface area contributed by atoms with Gasteiger partial charge in [0.15, 0.2) is 11.5 Å². The lowest BCUT2D eigenvalue weighted by Gasteiger charge is -2.04. The van der Waals surface area contributed by atoms with Crippen molar-refractivity contribution in [1.29, 1.82) is 0 Å². The summed E-state index contributed by atoms with van der Waals surface area (Å²) in [6.45, 7) is 0. The van der Waals surface area contributed by atoms with Crippen LogP contribution in [-0.4, -0.2) is 32.7 Å². The van der Waals surface area contributed by atoms with E-state index in [1.165, 1.54) is 36.0 Å². The van der Waals surface area contributed by atoms with Crippen LogP contribution >= 0.6 is 11.6 Å². The molecule has 3 aromatic heterocycles. The van der Waals surface area contributed by atoms with Crippen LogP contribution in [0.4, 0.5) is 4.39 Å². The Morgan fingerprint density at radius 1 is 1.33 bits per heavy atom. The third-order valence-corrected chi connectivity index (χ3v) is 3.12. The van der Waals surface area contributed by atoms with E-state index in [1.54, 1.807) is 0 Å². The molecule has 3 aromatic rings. The summed E-state index contributed by atoms with van der Waals surface area (Å²) in [5.74, 6) is -0.722. The van der Waals surface area contributed by atoms with E-state index < -0.39 is 11.8 Å². The van der Waals surface area contributed by atoms with Gasteiger partial charge in [0.2, 0.25) is 0 Å². The van der Waals surface area contributed by atoms with Gasteiger partial charge in [0, 0.05) is 18.0 Å². The Morgan fingerprint density at radius 2 is 2.14 bits per heavy atom. The van der Waals surface area contributed by atoms with Crippen molar-refractivity contribution < 1.29 is 13.9 Å². The van der Waals surface area contributed by atoms with E-state index in [2.05, 4.69) is 19.9 Å². The van der Waals surface area contributed by atoms with Crippen LogP contribution in [0.5, 0.6) is 0 Å². The molecule has 0 fully saturated rings. The van der Waals surface area contributed by atoms with Gasteiger partial charge in [-0.1, -0.05) is 11.6 Å². The van der Waals surface area contributed by atoms with Gasteiger partial charge in [0.25, 0.3) is 0 Å². The van der Waals surface area contributed by atoms with Gasteiger partial charge in [-0.15, -0.1) is 10.2 Å². The summed E-state index contributed by atoms with van der Waals surface area (Å²) in [5.41, 5.74) is 1.00. The first-order chi connectivity index (χ1) is 10.1. The Morgan fingerprint density at radius 3 is 2.86 bits per heavy atom. The van der Waals surface area contributed by atoms with Crippen molar-refractivity contribution in [2.24, 2.45) is 0 Å². The third-order valence-electron chi connectivity index (χ3n) is 2.84. The van der Waals surface area contributed by atoms with Gasteiger partial charge in [-0.05, 0) is 12.1 Å². The van der Waals surface area contributed by atoms with Gasteiger partial charge in [-0.25, -0.2) is 9.18 Å². The van der Waals surface area contributed by atoms with E-state index in [4.69, 9.17) is 11.6 Å². The molecule has 0 radical (unpaired) electrons. The number of methoxy groups -OCH3 is 1. The highest BCUT2D eigenvalue weighted by Gasteiger charge is 2.16. The second-order valence-corrected chi connectivity index (χ2v) is 4.58. The van der Waals surface area contributed by atoms with Crippen molar-refractivity contribution in [3.63, 3.8) is 0 Å². The molecule has 3 rings (SSSR count). The standard InChI is InChI=1S/C13H8ClFN4O2/c1-21-13(20)8-3-10(14)12-18-17-11(19(12)6-8)7-2-9(15)5-16-4-7/h2-6H,1H3. The molecule has 21 heavy (non-hydrogen) atoms. The lowest BCUT2D eigenvalue weighted by atomic mass is 10.2. The minimum Gasteiger partial charge on any atom is -0.465 e. The van der Waals surface area contributed by atoms with Crippen LogP contribution in [0.3, 0.4) is 0 Å². The molecule has 0 aromatic carbocycles. The number of esters is 1. The van der Waals surface area contributed by atoms with Gasteiger partial charge in [-0.2, -0.15) is 0 Å². The summed E-state index contributed by atoms with van der Waals surface area (Å²) in [4.78, 5) is 15.4. The zero-order valence-electron chi connectivity index (χ0n) is 10.7.